The van der Waals surface area contributed by atoms with Gasteiger partial charge in [-0.2, -0.15) is 0 Å². The number of carbonyl (C=O) groups excluding carboxylic acids is 1. The normalized spacial score (nSPS) is 20.2. The summed E-state index contributed by atoms with van der Waals surface area (Å²) < 4.78 is 6.64. The van der Waals surface area contributed by atoms with Crippen LogP contribution in [0, 0.1) is 18.8 Å². The van der Waals surface area contributed by atoms with Crippen LogP contribution in [0.15, 0.2) is 54.7 Å². The van der Waals surface area contributed by atoms with E-state index in [0.717, 1.165) is 75.8 Å². The minimum absolute atomic E-state index is 0.168. The molecule has 5 rings (SSSR count). The number of amides is 1. The third-order valence-electron chi connectivity index (χ3n) is 9.20. The van der Waals surface area contributed by atoms with Crippen LogP contribution in [-0.4, -0.2) is 41.5 Å². The molecule has 2 heterocycles. The second-order valence-electron chi connectivity index (χ2n) is 12.5. The number of fused-ring (bicyclic) bond motifs is 1. The van der Waals surface area contributed by atoms with Crippen LogP contribution in [0.2, 0.25) is 0 Å². The fraction of sp³-hybridized carbons (Fsp3) is 0.556. The van der Waals surface area contributed by atoms with Crippen LogP contribution in [0.25, 0.3) is 10.9 Å². The summed E-state index contributed by atoms with van der Waals surface area (Å²) in [5, 5.41) is 4.36. The number of nitrogens with one attached hydrogen (secondary N) is 1. The highest BCUT2D eigenvalue weighted by Gasteiger charge is 2.29. The van der Waals surface area contributed by atoms with E-state index < -0.39 is 0 Å². The smallest absolute Gasteiger partial charge is 0.223 e. The maximum absolute atomic E-state index is 12.8. The van der Waals surface area contributed by atoms with Crippen molar-refractivity contribution < 1.29 is 9.53 Å². The molecule has 0 radical (unpaired) electrons. The summed E-state index contributed by atoms with van der Waals surface area (Å²) in [6.07, 6.45) is 14.8. The highest BCUT2D eigenvalue weighted by Crippen LogP contribution is 2.32. The highest BCUT2D eigenvalue weighted by molar-refractivity contribution is 5.85. The van der Waals surface area contributed by atoms with Gasteiger partial charge in [-0.05, 0) is 93.5 Å². The molecule has 1 amide bonds. The van der Waals surface area contributed by atoms with Gasteiger partial charge in [-0.15, -0.1) is 0 Å². The first-order valence-corrected chi connectivity index (χ1v) is 16.2. The number of likely N-dealkylation sites (tertiary alicyclic amines) is 1. The zero-order valence-corrected chi connectivity index (χ0v) is 25.2. The Morgan fingerprint density at radius 3 is 2.49 bits per heavy atom. The van der Waals surface area contributed by atoms with Gasteiger partial charge in [0.1, 0.15) is 17.4 Å². The van der Waals surface area contributed by atoms with Crippen molar-refractivity contribution in [2.24, 2.45) is 11.8 Å². The Balaban J connectivity index is 1.05. The average Bonchev–Trinajstić information content (AvgIpc) is 3.00. The number of ether oxygens (including phenoxy) is 1. The van der Waals surface area contributed by atoms with E-state index in [-0.39, 0.29) is 17.9 Å². The van der Waals surface area contributed by atoms with Gasteiger partial charge in [-0.1, -0.05) is 62.1 Å². The number of aryl methyl sites for hydroxylation is 2. The molecule has 220 valence electrons. The van der Waals surface area contributed by atoms with Gasteiger partial charge >= 0.3 is 0 Å². The standard InChI is InChI=1S/C36H49N3O2/c1-3-4-5-6-8-30-23-32-9-7-20-37-35(32)34(24-30)41-33-18-21-39(22-19-33)26-29-14-16-31(17-15-29)36(40)38-25-28-12-10-27(2)11-13-28/h7,9-13,20,23-24,29,31,33H,3-6,8,14-19,21-22,25-26H2,1-2H3,(H,38,40). The van der Waals surface area contributed by atoms with E-state index in [9.17, 15) is 4.79 Å². The summed E-state index contributed by atoms with van der Waals surface area (Å²) in [6.45, 7) is 8.31. The summed E-state index contributed by atoms with van der Waals surface area (Å²) in [7, 11) is 0. The molecule has 1 N–H and O–H groups in total. The number of unbranched alkanes of at least 4 members (excludes halogenated alkanes) is 3. The van der Waals surface area contributed by atoms with E-state index in [2.05, 4.69) is 71.5 Å². The summed E-state index contributed by atoms with van der Waals surface area (Å²) >= 11 is 0. The van der Waals surface area contributed by atoms with E-state index in [1.807, 2.05) is 12.3 Å². The Morgan fingerprint density at radius 1 is 0.951 bits per heavy atom. The molecule has 1 saturated carbocycles. The zero-order valence-electron chi connectivity index (χ0n) is 25.2. The molecule has 2 aromatic carbocycles. The summed E-state index contributed by atoms with van der Waals surface area (Å²) in [4.78, 5) is 20.1. The zero-order chi connectivity index (χ0) is 28.4. The summed E-state index contributed by atoms with van der Waals surface area (Å²) in [6, 6.07) is 17.2. The number of benzene rings is 2. The molecule has 41 heavy (non-hydrogen) atoms. The van der Waals surface area contributed by atoms with Crippen LogP contribution in [0.5, 0.6) is 5.75 Å². The van der Waals surface area contributed by atoms with Gasteiger partial charge in [-0.25, -0.2) is 0 Å². The topological polar surface area (TPSA) is 54.5 Å². The fourth-order valence-corrected chi connectivity index (χ4v) is 6.61. The maximum Gasteiger partial charge on any atom is 0.223 e. The number of nitrogens with zero attached hydrogens (tertiary/aromatic N) is 2. The quantitative estimate of drug-likeness (QED) is 0.233. The van der Waals surface area contributed by atoms with Gasteiger partial charge < -0.3 is 15.0 Å². The third-order valence-corrected chi connectivity index (χ3v) is 9.20. The molecule has 1 aliphatic carbocycles. The minimum atomic E-state index is 0.168. The lowest BCUT2D eigenvalue weighted by atomic mass is 9.81. The van der Waals surface area contributed by atoms with Gasteiger partial charge in [0.15, 0.2) is 0 Å². The van der Waals surface area contributed by atoms with Crippen molar-refractivity contribution in [2.75, 3.05) is 19.6 Å². The van der Waals surface area contributed by atoms with Gasteiger partial charge in [-0.3, -0.25) is 9.78 Å². The van der Waals surface area contributed by atoms with Crippen molar-refractivity contribution in [2.45, 2.75) is 97.1 Å². The number of rotatable bonds is 12. The molecule has 0 atom stereocenters. The molecule has 1 saturated heterocycles. The van der Waals surface area contributed by atoms with Crippen LogP contribution in [0.3, 0.4) is 0 Å². The predicted octanol–water partition coefficient (Wildman–Crippen LogP) is 7.63. The Kier molecular flexibility index (Phi) is 10.7. The van der Waals surface area contributed by atoms with Crippen LogP contribution in [-0.2, 0) is 17.8 Å². The van der Waals surface area contributed by atoms with Crippen molar-refractivity contribution in [3.8, 4) is 5.75 Å². The van der Waals surface area contributed by atoms with E-state index >= 15 is 0 Å². The first kappa shape index (κ1) is 29.6. The largest absolute Gasteiger partial charge is 0.488 e. The number of aromatic nitrogens is 1. The van der Waals surface area contributed by atoms with E-state index in [4.69, 9.17) is 4.74 Å². The number of pyridine rings is 1. The highest BCUT2D eigenvalue weighted by atomic mass is 16.5. The summed E-state index contributed by atoms with van der Waals surface area (Å²) in [5.74, 6) is 2.06. The molecule has 5 nitrogen and oxygen atoms in total. The van der Waals surface area contributed by atoms with Gasteiger partial charge in [0.2, 0.25) is 5.91 Å². The molecule has 0 unspecified atom stereocenters. The molecule has 1 aromatic heterocycles. The predicted molar refractivity (Wildman–Crippen MR) is 168 cm³/mol. The lowest BCUT2D eigenvalue weighted by Gasteiger charge is -2.36. The Bertz CT molecular complexity index is 1240. The second-order valence-corrected chi connectivity index (χ2v) is 12.5. The molecule has 3 aromatic rings. The van der Waals surface area contributed by atoms with E-state index in [0.29, 0.717) is 12.5 Å². The van der Waals surface area contributed by atoms with Crippen molar-refractivity contribution in [3.63, 3.8) is 0 Å². The molecule has 1 aliphatic heterocycles. The van der Waals surface area contributed by atoms with Crippen molar-refractivity contribution in [1.29, 1.82) is 0 Å². The Labute approximate surface area is 247 Å². The maximum atomic E-state index is 12.8. The molecule has 5 heteroatoms. The first-order chi connectivity index (χ1) is 20.1. The molecular weight excluding hydrogens is 506 g/mol. The minimum Gasteiger partial charge on any atom is -0.488 e. The number of hydrogen-bond donors (Lipinski definition) is 1. The SMILES string of the molecule is CCCCCCc1cc(OC2CCN(CC3CCC(C(=O)NCc4ccc(C)cc4)CC3)CC2)c2ncccc2c1. The lowest BCUT2D eigenvalue weighted by molar-refractivity contribution is -0.126. The molecular formula is C36H49N3O2. The Morgan fingerprint density at radius 2 is 1.73 bits per heavy atom. The van der Waals surface area contributed by atoms with Crippen molar-refractivity contribution in [3.05, 3.63) is 71.4 Å². The second kappa shape index (κ2) is 14.8. The van der Waals surface area contributed by atoms with Gasteiger partial charge in [0.25, 0.3) is 0 Å². The number of carbonyl (C=O) groups is 1. The molecule has 2 fully saturated rings. The van der Waals surface area contributed by atoms with E-state index in [1.54, 1.807) is 0 Å². The third kappa shape index (κ3) is 8.54. The fourth-order valence-electron chi connectivity index (χ4n) is 6.61. The van der Waals surface area contributed by atoms with Crippen LogP contribution in [0.4, 0.5) is 0 Å². The molecule has 0 bridgehead atoms. The summed E-state index contributed by atoms with van der Waals surface area (Å²) in [5.41, 5.74) is 4.78. The van der Waals surface area contributed by atoms with Gasteiger partial charge in [0.05, 0.1) is 0 Å². The number of hydrogen-bond acceptors (Lipinski definition) is 4. The average molecular weight is 556 g/mol. The van der Waals surface area contributed by atoms with Crippen LogP contribution < -0.4 is 10.1 Å². The van der Waals surface area contributed by atoms with Crippen LogP contribution >= 0.6 is 0 Å². The molecule has 2 aliphatic rings. The Hall–Kier alpha value is -2.92. The monoisotopic (exact) mass is 555 g/mol. The first-order valence-electron chi connectivity index (χ1n) is 16.2. The van der Waals surface area contributed by atoms with Crippen molar-refractivity contribution >= 4 is 16.8 Å². The van der Waals surface area contributed by atoms with Crippen molar-refractivity contribution in [1.82, 2.24) is 15.2 Å². The van der Waals surface area contributed by atoms with E-state index in [1.165, 1.54) is 47.8 Å². The molecule has 0 spiro atoms. The number of piperidine rings is 1. The lowest BCUT2D eigenvalue weighted by Crippen LogP contribution is -2.41. The van der Waals surface area contributed by atoms with Gasteiger partial charge in [0, 0.05) is 43.7 Å². The van der Waals surface area contributed by atoms with Crippen LogP contribution in [0.1, 0.15) is 87.8 Å².